The van der Waals surface area contributed by atoms with E-state index in [0.717, 1.165) is 24.8 Å². The van der Waals surface area contributed by atoms with Crippen molar-refractivity contribution < 1.29 is 13.2 Å². The van der Waals surface area contributed by atoms with E-state index in [0.29, 0.717) is 32.6 Å². The average molecular weight is 336 g/mol. The van der Waals surface area contributed by atoms with Crippen LogP contribution < -0.4 is 0 Å². The van der Waals surface area contributed by atoms with Crippen LogP contribution >= 0.6 is 0 Å². The van der Waals surface area contributed by atoms with E-state index in [1.165, 1.54) is 0 Å². The van der Waals surface area contributed by atoms with Crippen LogP contribution in [0.1, 0.15) is 24.8 Å². The van der Waals surface area contributed by atoms with Crippen LogP contribution in [-0.2, 0) is 21.2 Å². The highest BCUT2D eigenvalue weighted by atomic mass is 32.2. The van der Waals surface area contributed by atoms with Crippen LogP contribution in [0.5, 0.6) is 0 Å². The van der Waals surface area contributed by atoms with Crippen LogP contribution in [0, 0.1) is 5.92 Å². The van der Waals surface area contributed by atoms with E-state index in [9.17, 15) is 13.2 Å². The molecule has 0 aromatic heterocycles. The maximum Gasteiger partial charge on any atom is 0.225 e. The monoisotopic (exact) mass is 336 g/mol. The molecular weight excluding hydrogens is 312 g/mol. The van der Waals surface area contributed by atoms with E-state index in [-0.39, 0.29) is 17.6 Å². The van der Waals surface area contributed by atoms with Gasteiger partial charge in [0.15, 0.2) is 0 Å². The Hall–Kier alpha value is -1.40. The molecule has 1 aromatic rings. The standard InChI is InChI=1S/C17H24N2O3S/c20-17(16-7-8-16)18-10-4-11-19(13-12-18)23(21,22)14-9-15-5-2-1-3-6-15/h1-3,5-6,16H,4,7-14H2. The van der Waals surface area contributed by atoms with Gasteiger partial charge in [-0.2, -0.15) is 0 Å². The minimum absolute atomic E-state index is 0.133. The Balaban J connectivity index is 1.56. The summed E-state index contributed by atoms with van der Waals surface area (Å²) in [5.74, 6) is 0.554. The molecule has 0 spiro atoms. The molecule has 5 nitrogen and oxygen atoms in total. The molecule has 126 valence electrons. The quantitative estimate of drug-likeness (QED) is 0.819. The van der Waals surface area contributed by atoms with E-state index < -0.39 is 10.0 Å². The van der Waals surface area contributed by atoms with E-state index >= 15 is 0 Å². The van der Waals surface area contributed by atoms with Gasteiger partial charge in [0, 0.05) is 32.1 Å². The van der Waals surface area contributed by atoms with Gasteiger partial charge in [0.25, 0.3) is 0 Å². The number of benzene rings is 1. The van der Waals surface area contributed by atoms with Gasteiger partial charge in [0.05, 0.1) is 5.75 Å². The van der Waals surface area contributed by atoms with Crippen molar-refractivity contribution in [3.8, 4) is 0 Å². The first kappa shape index (κ1) is 16.5. The third kappa shape index (κ3) is 4.32. The van der Waals surface area contributed by atoms with Gasteiger partial charge < -0.3 is 4.90 Å². The van der Waals surface area contributed by atoms with Gasteiger partial charge in [-0.1, -0.05) is 30.3 Å². The summed E-state index contributed by atoms with van der Waals surface area (Å²) in [7, 11) is -3.26. The molecule has 1 aromatic carbocycles. The predicted octanol–water partition coefficient (Wildman–Crippen LogP) is 1.50. The highest BCUT2D eigenvalue weighted by Gasteiger charge is 2.35. The molecule has 6 heteroatoms. The fraction of sp³-hybridized carbons (Fsp3) is 0.588. The Bertz CT molecular complexity index is 641. The van der Waals surface area contributed by atoms with Crippen LogP contribution in [0.4, 0.5) is 0 Å². The van der Waals surface area contributed by atoms with E-state index in [4.69, 9.17) is 0 Å². The van der Waals surface area contributed by atoms with Crippen molar-refractivity contribution in [1.29, 1.82) is 0 Å². The molecule has 1 heterocycles. The fourth-order valence-electron chi connectivity index (χ4n) is 3.00. The van der Waals surface area contributed by atoms with E-state index in [1.54, 1.807) is 4.31 Å². The number of sulfonamides is 1. The zero-order valence-electron chi connectivity index (χ0n) is 13.4. The number of aryl methyl sites for hydroxylation is 1. The second kappa shape index (κ2) is 7.01. The normalized spacial score (nSPS) is 20.3. The molecule has 1 aliphatic carbocycles. The summed E-state index contributed by atoms with van der Waals surface area (Å²) >= 11 is 0. The van der Waals surface area contributed by atoms with E-state index in [1.807, 2.05) is 35.2 Å². The molecular formula is C17H24N2O3S. The molecule has 2 fully saturated rings. The van der Waals surface area contributed by atoms with Crippen LogP contribution in [0.15, 0.2) is 30.3 Å². The first-order chi connectivity index (χ1) is 11.1. The van der Waals surface area contributed by atoms with Crippen molar-refractivity contribution in [3.63, 3.8) is 0 Å². The Morgan fingerprint density at radius 2 is 1.78 bits per heavy atom. The van der Waals surface area contributed by atoms with Gasteiger partial charge in [-0.05, 0) is 31.2 Å². The van der Waals surface area contributed by atoms with Gasteiger partial charge in [-0.25, -0.2) is 12.7 Å². The van der Waals surface area contributed by atoms with Gasteiger partial charge in [-0.3, -0.25) is 4.79 Å². The Morgan fingerprint density at radius 3 is 2.48 bits per heavy atom. The largest absolute Gasteiger partial charge is 0.341 e. The number of nitrogens with zero attached hydrogens (tertiary/aromatic N) is 2. The lowest BCUT2D eigenvalue weighted by Gasteiger charge is -2.22. The molecule has 2 aliphatic rings. The van der Waals surface area contributed by atoms with E-state index in [2.05, 4.69) is 0 Å². The summed E-state index contributed by atoms with van der Waals surface area (Å²) in [6, 6.07) is 9.69. The number of amides is 1. The zero-order valence-corrected chi connectivity index (χ0v) is 14.2. The lowest BCUT2D eigenvalue weighted by Crippen LogP contribution is -2.39. The molecule has 0 N–H and O–H groups in total. The summed E-state index contributed by atoms with van der Waals surface area (Å²) < 4.78 is 26.7. The molecule has 1 saturated heterocycles. The van der Waals surface area contributed by atoms with Crippen molar-refractivity contribution in [2.75, 3.05) is 31.9 Å². The second-order valence-electron chi connectivity index (χ2n) is 6.40. The molecule has 1 saturated carbocycles. The maximum absolute atomic E-state index is 12.6. The first-order valence-electron chi connectivity index (χ1n) is 8.37. The van der Waals surface area contributed by atoms with Crippen LogP contribution in [0.2, 0.25) is 0 Å². The average Bonchev–Trinajstić information content (AvgIpc) is 3.39. The molecule has 1 amide bonds. The Labute approximate surface area is 138 Å². The molecule has 1 aliphatic heterocycles. The maximum atomic E-state index is 12.6. The number of hydrogen-bond acceptors (Lipinski definition) is 3. The first-order valence-corrected chi connectivity index (χ1v) is 9.98. The van der Waals surface area contributed by atoms with Gasteiger partial charge >= 0.3 is 0 Å². The third-order valence-corrected chi connectivity index (χ3v) is 6.45. The van der Waals surface area contributed by atoms with Crippen LogP contribution in [0.3, 0.4) is 0 Å². The Morgan fingerprint density at radius 1 is 1.04 bits per heavy atom. The Kier molecular flexibility index (Phi) is 5.02. The fourth-order valence-corrected chi connectivity index (χ4v) is 4.52. The molecule has 3 rings (SSSR count). The van der Waals surface area contributed by atoms with Crippen molar-refractivity contribution in [3.05, 3.63) is 35.9 Å². The third-order valence-electron chi connectivity index (χ3n) is 4.58. The van der Waals surface area contributed by atoms with Crippen LogP contribution in [-0.4, -0.2) is 55.5 Å². The minimum Gasteiger partial charge on any atom is -0.341 e. The highest BCUT2D eigenvalue weighted by Crippen LogP contribution is 2.31. The van der Waals surface area contributed by atoms with Crippen molar-refractivity contribution in [2.45, 2.75) is 25.7 Å². The van der Waals surface area contributed by atoms with Crippen molar-refractivity contribution >= 4 is 15.9 Å². The summed E-state index contributed by atoms with van der Waals surface area (Å²) in [4.78, 5) is 14.0. The number of hydrogen-bond donors (Lipinski definition) is 0. The van der Waals surface area contributed by atoms with Gasteiger partial charge in [-0.15, -0.1) is 0 Å². The van der Waals surface area contributed by atoms with Crippen LogP contribution in [0.25, 0.3) is 0 Å². The SMILES string of the molecule is O=C(C1CC1)N1CCCN(S(=O)(=O)CCc2ccccc2)CC1. The molecule has 0 radical (unpaired) electrons. The molecule has 0 atom stereocenters. The lowest BCUT2D eigenvalue weighted by molar-refractivity contribution is -0.132. The van der Waals surface area contributed by atoms with Crippen molar-refractivity contribution in [1.82, 2.24) is 9.21 Å². The highest BCUT2D eigenvalue weighted by molar-refractivity contribution is 7.89. The van der Waals surface area contributed by atoms with Gasteiger partial charge in [0.1, 0.15) is 0 Å². The minimum atomic E-state index is -3.26. The lowest BCUT2D eigenvalue weighted by atomic mass is 10.2. The summed E-state index contributed by atoms with van der Waals surface area (Å²) in [5, 5.41) is 0. The molecule has 23 heavy (non-hydrogen) atoms. The number of carbonyl (C=O) groups is 1. The van der Waals surface area contributed by atoms with Gasteiger partial charge in [0.2, 0.25) is 15.9 Å². The summed E-state index contributed by atoms with van der Waals surface area (Å²) in [5.41, 5.74) is 1.04. The number of rotatable bonds is 5. The molecule has 0 bridgehead atoms. The molecule has 0 unspecified atom stereocenters. The van der Waals surface area contributed by atoms with Crippen molar-refractivity contribution in [2.24, 2.45) is 5.92 Å². The topological polar surface area (TPSA) is 57.7 Å². The smallest absolute Gasteiger partial charge is 0.225 e. The number of carbonyl (C=O) groups excluding carboxylic acids is 1. The second-order valence-corrected chi connectivity index (χ2v) is 8.49. The summed E-state index contributed by atoms with van der Waals surface area (Å²) in [6.07, 6.45) is 3.25. The zero-order chi connectivity index (χ0) is 16.3. The predicted molar refractivity (Wildman–Crippen MR) is 89.4 cm³/mol. The summed E-state index contributed by atoms with van der Waals surface area (Å²) in [6.45, 7) is 2.15.